The molecule has 0 atom stereocenters. The SMILES string of the molecule is CCOCc1cc(C(=O)Nc2cccc([N+](=O)[O-])c2C)ccc1OC. The number of nitrogens with one attached hydrogen (secondary N) is 1. The Hall–Kier alpha value is -2.93. The van der Waals surface area contributed by atoms with Gasteiger partial charge >= 0.3 is 0 Å². The van der Waals surface area contributed by atoms with Crippen molar-refractivity contribution in [3.05, 3.63) is 63.2 Å². The molecule has 132 valence electrons. The second-order valence-electron chi connectivity index (χ2n) is 5.32. The van der Waals surface area contributed by atoms with Crippen molar-refractivity contribution in [1.29, 1.82) is 0 Å². The average molecular weight is 344 g/mol. The molecule has 0 aliphatic rings. The number of nitrogens with zero attached hydrogens (tertiary/aromatic N) is 1. The number of hydrogen-bond acceptors (Lipinski definition) is 5. The van der Waals surface area contributed by atoms with Crippen molar-refractivity contribution in [3.8, 4) is 5.75 Å². The summed E-state index contributed by atoms with van der Waals surface area (Å²) in [6.07, 6.45) is 0. The van der Waals surface area contributed by atoms with Crippen molar-refractivity contribution in [3.63, 3.8) is 0 Å². The second-order valence-corrected chi connectivity index (χ2v) is 5.32. The predicted molar refractivity (Wildman–Crippen MR) is 94.1 cm³/mol. The van der Waals surface area contributed by atoms with E-state index in [2.05, 4.69) is 5.32 Å². The van der Waals surface area contributed by atoms with E-state index in [1.54, 1.807) is 38.3 Å². The molecule has 0 heterocycles. The molecule has 0 unspecified atom stereocenters. The highest BCUT2D eigenvalue weighted by Gasteiger charge is 2.16. The number of ether oxygens (including phenoxy) is 2. The third kappa shape index (κ3) is 4.33. The van der Waals surface area contributed by atoms with Crippen LogP contribution in [0.5, 0.6) is 5.75 Å². The van der Waals surface area contributed by atoms with Crippen LogP contribution in [0.4, 0.5) is 11.4 Å². The van der Waals surface area contributed by atoms with E-state index >= 15 is 0 Å². The van der Waals surface area contributed by atoms with Crippen molar-refractivity contribution in [2.45, 2.75) is 20.5 Å². The number of anilines is 1. The lowest BCUT2D eigenvalue weighted by atomic mass is 10.1. The van der Waals surface area contributed by atoms with Gasteiger partial charge in [-0.3, -0.25) is 14.9 Å². The van der Waals surface area contributed by atoms with Crippen molar-refractivity contribution < 1.29 is 19.2 Å². The summed E-state index contributed by atoms with van der Waals surface area (Å²) in [7, 11) is 1.55. The van der Waals surface area contributed by atoms with Gasteiger partial charge in [0.05, 0.1) is 29.9 Å². The van der Waals surface area contributed by atoms with Crippen LogP contribution in [-0.2, 0) is 11.3 Å². The van der Waals surface area contributed by atoms with E-state index in [1.807, 2.05) is 6.92 Å². The summed E-state index contributed by atoms with van der Waals surface area (Å²) in [6, 6.07) is 9.59. The molecule has 0 aliphatic carbocycles. The zero-order chi connectivity index (χ0) is 18.4. The van der Waals surface area contributed by atoms with Gasteiger partial charge < -0.3 is 14.8 Å². The van der Waals surface area contributed by atoms with E-state index in [1.165, 1.54) is 12.1 Å². The van der Waals surface area contributed by atoms with Gasteiger partial charge in [0.15, 0.2) is 0 Å². The molecule has 0 fully saturated rings. The molecule has 0 aliphatic heterocycles. The molecule has 7 nitrogen and oxygen atoms in total. The van der Waals surface area contributed by atoms with Crippen LogP contribution < -0.4 is 10.1 Å². The van der Waals surface area contributed by atoms with Crippen LogP contribution in [0.25, 0.3) is 0 Å². The summed E-state index contributed by atoms with van der Waals surface area (Å²) in [4.78, 5) is 23.0. The largest absolute Gasteiger partial charge is 0.496 e. The molecule has 0 radical (unpaired) electrons. The molecule has 0 aromatic heterocycles. The first-order valence-corrected chi connectivity index (χ1v) is 7.78. The van der Waals surface area contributed by atoms with Gasteiger partial charge in [0, 0.05) is 23.8 Å². The minimum absolute atomic E-state index is 0.0374. The third-order valence-corrected chi connectivity index (χ3v) is 3.75. The standard InChI is InChI=1S/C18H20N2O5/c1-4-25-11-14-10-13(8-9-17(14)24-3)18(21)19-15-6-5-7-16(12(15)2)20(22)23/h5-10H,4,11H2,1-3H3,(H,19,21). The summed E-state index contributed by atoms with van der Waals surface area (Å²) < 4.78 is 10.7. The van der Waals surface area contributed by atoms with Crippen molar-refractivity contribution in [2.24, 2.45) is 0 Å². The normalized spacial score (nSPS) is 10.4. The van der Waals surface area contributed by atoms with Crippen LogP contribution in [0.3, 0.4) is 0 Å². The Labute approximate surface area is 145 Å². The number of nitro benzene ring substituents is 1. The molecule has 2 aromatic carbocycles. The Morgan fingerprint density at radius 2 is 2.04 bits per heavy atom. The average Bonchev–Trinajstić information content (AvgIpc) is 2.61. The fourth-order valence-corrected chi connectivity index (χ4v) is 2.40. The van der Waals surface area contributed by atoms with Crippen LogP contribution in [0.2, 0.25) is 0 Å². The topological polar surface area (TPSA) is 90.7 Å². The van der Waals surface area contributed by atoms with Gasteiger partial charge in [-0.25, -0.2) is 0 Å². The van der Waals surface area contributed by atoms with Gasteiger partial charge in [-0.1, -0.05) is 6.07 Å². The number of amides is 1. The van der Waals surface area contributed by atoms with Gasteiger partial charge in [-0.15, -0.1) is 0 Å². The highest BCUT2D eigenvalue weighted by molar-refractivity contribution is 6.05. The number of carbonyl (C=O) groups excluding carboxylic acids is 1. The molecule has 0 bridgehead atoms. The number of methoxy groups -OCH3 is 1. The van der Waals surface area contributed by atoms with Crippen LogP contribution in [-0.4, -0.2) is 24.5 Å². The molecular weight excluding hydrogens is 324 g/mol. The Morgan fingerprint density at radius 3 is 2.68 bits per heavy atom. The fourth-order valence-electron chi connectivity index (χ4n) is 2.40. The lowest BCUT2D eigenvalue weighted by molar-refractivity contribution is -0.385. The van der Waals surface area contributed by atoms with E-state index in [-0.39, 0.29) is 11.6 Å². The smallest absolute Gasteiger partial charge is 0.274 e. The first kappa shape index (κ1) is 18.4. The zero-order valence-corrected chi connectivity index (χ0v) is 14.4. The maximum Gasteiger partial charge on any atom is 0.274 e. The molecule has 0 saturated heterocycles. The zero-order valence-electron chi connectivity index (χ0n) is 14.4. The van der Waals surface area contributed by atoms with Crippen LogP contribution in [0, 0.1) is 17.0 Å². The summed E-state index contributed by atoms with van der Waals surface area (Å²) in [5, 5.41) is 13.7. The van der Waals surface area contributed by atoms with Crippen molar-refractivity contribution >= 4 is 17.3 Å². The molecule has 7 heteroatoms. The summed E-state index contributed by atoms with van der Waals surface area (Å²) in [5.74, 6) is 0.278. The van der Waals surface area contributed by atoms with E-state index < -0.39 is 4.92 Å². The van der Waals surface area contributed by atoms with Crippen LogP contribution >= 0.6 is 0 Å². The first-order chi connectivity index (χ1) is 12.0. The van der Waals surface area contributed by atoms with Gasteiger partial charge in [0.2, 0.25) is 0 Å². The minimum atomic E-state index is -0.474. The lowest BCUT2D eigenvalue weighted by Crippen LogP contribution is -2.14. The van der Waals surface area contributed by atoms with Gasteiger partial charge in [0.1, 0.15) is 5.75 Å². The highest BCUT2D eigenvalue weighted by Crippen LogP contribution is 2.26. The highest BCUT2D eigenvalue weighted by atomic mass is 16.6. The molecule has 1 N–H and O–H groups in total. The third-order valence-electron chi connectivity index (χ3n) is 3.75. The summed E-state index contributed by atoms with van der Waals surface area (Å²) in [5.41, 5.74) is 1.95. The van der Waals surface area contributed by atoms with Crippen LogP contribution in [0.15, 0.2) is 36.4 Å². The number of nitro groups is 1. The molecule has 0 spiro atoms. The second kappa shape index (κ2) is 8.25. The maximum atomic E-state index is 12.5. The van der Waals surface area contributed by atoms with Gasteiger partial charge in [-0.2, -0.15) is 0 Å². The molecular formula is C18H20N2O5. The molecule has 2 rings (SSSR count). The van der Waals surface area contributed by atoms with Gasteiger partial charge in [-0.05, 0) is 38.1 Å². The monoisotopic (exact) mass is 344 g/mol. The first-order valence-electron chi connectivity index (χ1n) is 7.78. The van der Waals surface area contributed by atoms with Gasteiger partial charge in [0.25, 0.3) is 11.6 Å². The number of hydrogen-bond donors (Lipinski definition) is 1. The van der Waals surface area contributed by atoms with E-state index in [4.69, 9.17) is 9.47 Å². The lowest BCUT2D eigenvalue weighted by Gasteiger charge is -2.12. The van der Waals surface area contributed by atoms with Crippen molar-refractivity contribution in [2.75, 3.05) is 19.0 Å². The van der Waals surface area contributed by atoms with E-state index in [0.29, 0.717) is 35.8 Å². The van der Waals surface area contributed by atoms with Crippen LogP contribution in [0.1, 0.15) is 28.4 Å². The molecule has 0 saturated carbocycles. The Morgan fingerprint density at radius 1 is 1.28 bits per heavy atom. The predicted octanol–water partition coefficient (Wildman–Crippen LogP) is 3.70. The Balaban J connectivity index is 2.27. The fraction of sp³-hybridized carbons (Fsp3) is 0.278. The minimum Gasteiger partial charge on any atom is -0.496 e. The number of rotatable bonds is 7. The van der Waals surface area contributed by atoms with E-state index in [0.717, 1.165) is 5.56 Å². The van der Waals surface area contributed by atoms with Crippen molar-refractivity contribution in [1.82, 2.24) is 0 Å². The Bertz CT molecular complexity index is 789. The number of carbonyl (C=O) groups is 1. The molecule has 25 heavy (non-hydrogen) atoms. The summed E-state index contributed by atoms with van der Waals surface area (Å²) in [6.45, 7) is 4.36. The quantitative estimate of drug-likeness (QED) is 0.611. The Kier molecular flexibility index (Phi) is 6.08. The summed E-state index contributed by atoms with van der Waals surface area (Å²) >= 11 is 0. The van der Waals surface area contributed by atoms with E-state index in [9.17, 15) is 14.9 Å². The maximum absolute atomic E-state index is 12.5. The number of benzene rings is 2. The molecule has 2 aromatic rings. The molecule has 1 amide bonds.